The molecule has 0 saturated heterocycles. The molecule has 0 amide bonds. The SMILES string of the molecule is C=CC(=O)OC(C)CCCCCCCCCCCCCCCCCC[Si](Br)(Br)Br. The van der Waals surface area contributed by atoms with E-state index in [0.717, 1.165) is 12.8 Å². The van der Waals surface area contributed by atoms with Crippen LogP contribution in [0.4, 0.5) is 0 Å². The molecule has 0 radical (unpaired) electrons. The molecule has 1 atom stereocenters. The van der Waals surface area contributed by atoms with Gasteiger partial charge in [0.1, 0.15) is 0 Å². The first-order valence-corrected chi connectivity index (χ1v) is 20.7. The summed E-state index contributed by atoms with van der Waals surface area (Å²) in [5.74, 6) is -0.305. The number of rotatable bonds is 21. The second kappa shape index (κ2) is 20.8. The molecule has 0 aromatic rings. The molecule has 0 fully saturated rings. The normalized spacial score (nSPS) is 12.7. The maximum Gasteiger partial charge on any atom is 0.330 e. The van der Waals surface area contributed by atoms with E-state index in [4.69, 9.17) is 4.74 Å². The summed E-state index contributed by atoms with van der Waals surface area (Å²) in [5.41, 5.74) is 0. The zero-order valence-electron chi connectivity index (χ0n) is 18.5. The zero-order valence-corrected chi connectivity index (χ0v) is 24.3. The highest BCUT2D eigenvalue weighted by Crippen LogP contribution is 2.33. The molecular formula is C23H43Br3O2Si. The molecule has 172 valence electrons. The summed E-state index contributed by atoms with van der Waals surface area (Å²) >= 11 is 11.1. The zero-order chi connectivity index (χ0) is 21.8. The van der Waals surface area contributed by atoms with E-state index in [0.29, 0.717) is 0 Å². The van der Waals surface area contributed by atoms with Crippen molar-refractivity contribution < 1.29 is 9.53 Å². The second-order valence-corrected chi connectivity index (χ2v) is 31.8. The molecule has 29 heavy (non-hydrogen) atoms. The van der Waals surface area contributed by atoms with Gasteiger partial charge in [0, 0.05) is 6.08 Å². The first-order chi connectivity index (χ1) is 13.8. The Kier molecular flexibility index (Phi) is 21.4. The van der Waals surface area contributed by atoms with Crippen LogP contribution in [0.25, 0.3) is 0 Å². The van der Waals surface area contributed by atoms with Gasteiger partial charge in [-0.05, 0) is 25.8 Å². The molecule has 0 heterocycles. The number of halogens is 3. The molecule has 1 unspecified atom stereocenters. The van der Waals surface area contributed by atoms with Crippen LogP contribution in [0.5, 0.6) is 0 Å². The van der Waals surface area contributed by atoms with Crippen LogP contribution in [0.3, 0.4) is 0 Å². The van der Waals surface area contributed by atoms with E-state index >= 15 is 0 Å². The third-order valence-corrected chi connectivity index (χ3v) is 9.79. The summed E-state index contributed by atoms with van der Waals surface area (Å²) in [6.07, 6.45) is 24.1. The molecule has 0 aliphatic carbocycles. The molecule has 0 aliphatic rings. The van der Waals surface area contributed by atoms with Crippen LogP contribution in [-0.2, 0) is 9.53 Å². The summed E-state index contributed by atoms with van der Waals surface area (Å²) in [5, 5.41) is 0. The van der Waals surface area contributed by atoms with Gasteiger partial charge >= 0.3 is 5.97 Å². The topological polar surface area (TPSA) is 26.3 Å². The van der Waals surface area contributed by atoms with E-state index in [2.05, 4.69) is 52.5 Å². The number of ether oxygens (including phenoxy) is 1. The molecule has 0 N–H and O–H groups in total. The number of carbonyl (C=O) groups excluding carboxylic acids is 1. The Morgan fingerprint density at radius 3 is 1.45 bits per heavy atom. The molecular weight excluding hydrogens is 576 g/mol. The lowest BCUT2D eigenvalue weighted by molar-refractivity contribution is -0.142. The van der Waals surface area contributed by atoms with Crippen LogP contribution in [0.2, 0.25) is 6.04 Å². The molecule has 0 spiro atoms. The van der Waals surface area contributed by atoms with Crippen molar-refractivity contribution in [3.8, 4) is 0 Å². The summed E-state index contributed by atoms with van der Waals surface area (Å²) < 4.78 is 3.82. The highest BCUT2D eigenvalue weighted by atomic mass is 80.0. The van der Waals surface area contributed by atoms with Gasteiger partial charge in [0.2, 0.25) is 0 Å². The molecule has 0 aliphatic heterocycles. The Balaban J connectivity index is 3.15. The van der Waals surface area contributed by atoms with Gasteiger partial charge in [0.15, 0.2) is 0 Å². The lowest BCUT2D eigenvalue weighted by Gasteiger charge is -2.11. The van der Waals surface area contributed by atoms with Gasteiger partial charge in [-0.2, -0.15) is 0 Å². The van der Waals surface area contributed by atoms with E-state index in [-0.39, 0.29) is 12.1 Å². The van der Waals surface area contributed by atoms with E-state index in [1.54, 1.807) is 0 Å². The van der Waals surface area contributed by atoms with Crippen LogP contribution >= 0.6 is 45.9 Å². The highest BCUT2D eigenvalue weighted by Gasteiger charge is 2.20. The first-order valence-electron chi connectivity index (χ1n) is 11.7. The Morgan fingerprint density at radius 1 is 0.759 bits per heavy atom. The molecule has 0 aromatic carbocycles. The van der Waals surface area contributed by atoms with Gasteiger partial charge in [0.05, 0.1) is 6.10 Å². The van der Waals surface area contributed by atoms with E-state index < -0.39 is 3.93 Å². The second-order valence-electron chi connectivity index (χ2n) is 8.26. The van der Waals surface area contributed by atoms with Gasteiger partial charge in [0.25, 0.3) is 3.93 Å². The van der Waals surface area contributed by atoms with E-state index in [1.165, 1.54) is 108 Å². The number of hydrogen-bond donors (Lipinski definition) is 0. The lowest BCUT2D eigenvalue weighted by atomic mass is 10.0. The molecule has 2 nitrogen and oxygen atoms in total. The van der Waals surface area contributed by atoms with Crippen LogP contribution in [0, 0.1) is 0 Å². The van der Waals surface area contributed by atoms with Gasteiger partial charge in [-0.25, -0.2) is 4.79 Å². The summed E-state index contributed by atoms with van der Waals surface area (Å²) in [7, 11) is 0. The summed E-state index contributed by atoms with van der Waals surface area (Å²) in [6, 6.07) is 1.26. The minimum Gasteiger partial charge on any atom is -0.460 e. The van der Waals surface area contributed by atoms with Crippen molar-refractivity contribution in [2.75, 3.05) is 0 Å². The van der Waals surface area contributed by atoms with E-state index in [1.807, 2.05) is 6.92 Å². The van der Waals surface area contributed by atoms with Gasteiger partial charge in [-0.3, -0.25) is 0 Å². The van der Waals surface area contributed by atoms with Crippen LogP contribution < -0.4 is 0 Å². The number of carbonyl (C=O) groups is 1. The fraction of sp³-hybridized carbons (Fsp3) is 0.870. The maximum atomic E-state index is 11.1. The fourth-order valence-corrected chi connectivity index (χ4v) is 6.71. The number of unbranched alkanes of at least 4 members (excludes halogenated alkanes) is 15. The Bertz CT molecular complexity index is 400. The van der Waals surface area contributed by atoms with Crippen LogP contribution in [0.15, 0.2) is 12.7 Å². The van der Waals surface area contributed by atoms with Gasteiger partial charge < -0.3 is 4.74 Å². The standard InChI is InChI=1S/C23H43Br3O2Si/c1-3-23(27)28-22(2)20-18-16-14-12-10-8-6-4-5-7-9-11-13-15-17-19-21-29(24,25)26/h3,22H,1,4-21H2,2H3. The van der Waals surface area contributed by atoms with Crippen molar-refractivity contribution in [3.05, 3.63) is 12.7 Å². The molecule has 6 heteroatoms. The van der Waals surface area contributed by atoms with Crippen LogP contribution in [-0.4, -0.2) is 16.0 Å². The van der Waals surface area contributed by atoms with Crippen molar-refractivity contribution in [2.45, 2.75) is 128 Å². The van der Waals surface area contributed by atoms with Gasteiger partial charge in [-0.1, -0.05) is 149 Å². The van der Waals surface area contributed by atoms with Crippen LogP contribution in [0.1, 0.15) is 116 Å². The Morgan fingerprint density at radius 2 is 1.10 bits per heavy atom. The average Bonchev–Trinajstić information content (AvgIpc) is 2.66. The van der Waals surface area contributed by atoms with Gasteiger partial charge in [-0.15, -0.1) is 0 Å². The molecule has 0 saturated carbocycles. The molecule has 0 bridgehead atoms. The fourth-order valence-electron chi connectivity index (χ4n) is 3.54. The van der Waals surface area contributed by atoms with E-state index in [9.17, 15) is 4.79 Å². The Hall–Kier alpha value is 0.867. The maximum absolute atomic E-state index is 11.1. The van der Waals surface area contributed by atoms with Crippen molar-refractivity contribution in [1.82, 2.24) is 0 Å². The minimum atomic E-state index is -1.36. The molecule has 0 rings (SSSR count). The lowest BCUT2D eigenvalue weighted by Crippen LogP contribution is -2.12. The molecule has 0 aromatic heterocycles. The predicted octanol–water partition coefficient (Wildman–Crippen LogP) is 9.86. The number of hydrogen-bond acceptors (Lipinski definition) is 2. The number of esters is 1. The smallest absolute Gasteiger partial charge is 0.330 e. The van der Waals surface area contributed by atoms with Crippen molar-refractivity contribution >= 4 is 55.8 Å². The van der Waals surface area contributed by atoms with Crippen molar-refractivity contribution in [2.24, 2.45) is 0 Å². The third kappa shape index (κ3) is 25.0. The highest BCUT2D eigenvalue weighted by molar-refractivity contribution is 9.72. The third-order valence-electron chi connectivity index (χ3n) is 5.30. The largest absolute Gasteiger partial charge is 0.460 e. The predicted molar refractivity (Wildman–Crippen MR) is 142 cm³/mol. The average molecular weight is 619 g/mol. The summed E-state index contributed by atoms with van der Waals surface area (Å²) in [4.78, 5) is 11.1. The summed E-state index contributed by atoms with van der Waals surface area (Å²) in [6.45, 7) is 5.39. The first kappa shape index (κ1) is 29.9. The van der Waals surface area contributed by atoms with Crippen molar-refractivity contribution in [1.29, 1.82) is 0 Å². The quantitative estimate of drug-likeness (QED) is 0.0421. The van der Waals surface area contributed by atoms with Crippen molar-refractivity contribution in [3.63, 3.8) is 0 Å². The minimum absolute atomic E-state index is 0.0185. The Labute approximate surface area is 205 Å². The monoisotopic (exact) mass is 616 g/mol.